The molecule has 2 heterocycles. The van der Waals surface area contributed by atoms with E-state index in [2.05, 4.69) is 10.2 Å². The molecule has 3 fully saturated rings. The minimum absolute atomic E-state index is 0.0180. The topological polar surface area (TPSA) is 102 Å². The van der Waals surface area contributed by atoms with Crippen LogP contribution in [0.3, 0.4) is 0 Å². The van der Waals surface area contributed by atoms with Crippen molar-refractivity contribution in [2.24, 2.45) is 5.92 Å². The van der Waals surface area contributed by atoms with Gasteiger partial charge < -0.3 is 30.1 Å². The van der Waals surface area contributed by atoms with E-state index in [9.17, 15) is 24.2 Å². The van der Waals surface area contributed by atoms with E-state index in [-0.39, 0.29) is 36.5 Å². The number of aliphatic hydroxyl groups is 2. The van der Waals surface area contributed by atoms with Gasteiger partial charge in [-0.15, -0.1) is 0 Å². The highest BCUT2D eigenvalue weighted by molar-refractivity contribution is 5.79. The number of anilines is 1. The molecule has 1 aromatic rings. The highest BCUT2D eigenvalue weighted by Crippen LogP contribution is 2.27. The second kappa shape index (κ2) is 10.1. The van der Waals surface area contributed by atoms with Crippen LogP contribution in [-0.2, 0) is 14.3 Å². The van der Waals surface area contributed by atoms with Gasteiger partial charge >= 0.3 is 0 Å². The molecule has 9 heteroatoms. The molecule has 0 bridgehead atoms. The monoisotopic (exact) mass is 449 g/mol. The van der Waals surface area contributed by atoms with Crippen LogP contribution in [0.5, 0.6) is 0 Å². The highest BCUT2D eigenvalue weighted by Gasteiger charge is 2.44. The summed E-state index contributed by atoms with van der Waals surface area (Å²) in [6.07, 6.45) is -0.00253. The predicted molar refractivity (Wildman–Crippen MR) is 115 cm³/mol. The molecule has 0 radical (unpaired) electrons. The van der Waals surface area contributed by atoms with E-state index in [0.29, 0.717) is 26.2 Å². The van der Waals surface area contributed by atoms with Gasteiger partial charge in [-0.25, -0.2) is 4.39 Å². The Morgan fingerprint density at radius 1 is 1.00 bits per heavy atom. The van der Waals surface area contributed by atoms with E-state index in [1.807, 2.05) is 0 Å². The van der Waals surface area contributed by atoms with Gasteiger partial charge in [0, 0.05) is 44.3 Å². The van der Waals surface area contributed by atoms with Crippen molar-refractivity contribution in [3.63, 3.8) is 0 Å². The molecule has 4 rings (SSSR count). The zero-order valence-electron chi connectivity index (χ0n) is 18.2. The number of carbonyl (C=O) groups is 2. The molecule has 3 aliphatic rings. The van der Waals surface area contributed by atoms with E-state index >= 15 is 0 Å². The maximum absolute atomic E-state index is 13.1. The van der Waals surface area contributed by atoms with Gasteiger partial charge in [-0.2, -0.15) is 0 Å². The second-order valence-electron chi connectivity index (χ2n) is 8.97. The van der Waals surface area contributed by atoms with E-state index in [1.54, 1.807) is 17.0 Å². The van der Waals surface area contributed by atoms with E-state index in [0.717, 1.165) is 31.4 Å². The van der Waals surface area contributed by atoms with Crippen LogP contribution >= 0.6 is 0 Å². The fourth-order valence-corrected chi connectivity index (χ4v) is 4.86. The lowest BCUT2D eigenvalue weighted by Gasteiger charge is -2.36. The fourth-order valence-electron chi connectivity index (χ4n) is 4.86. The molecule has 2 amide bonds. The second-order valence-corrected chi connectivity index (χ2v) is 8.97. The molecule has 2 saturated heterocycles. The quantitative estimate of drug-likeness (QED) is 0.590. The number of nitrogens with zero attached hydrogens (tertiary/aromatic N) is 2. The Bertz CT molecular complexity index is 793. The third-order valence-corrected chi connectivity index (χ3v) is 6.86. The van der Waals surface area contributed by atoms with Crippen molar-refractivity contribution in [1.29, 1.82) is 0 Å². The van der Waals surface area contributed by atoms with Gasteiger partial charge in [0.05, 0.1) is 12.5 Å². The first-order valence-corrected chi connectivity index (χ1v) is 11.5. The van der Waals surface area contributed by atoms with Crippen molar-refractivity contribution >= 4 is 17.5 Å². The lowest BCUT2D eigenvalue weighted by molar-refractivity contribution is -0.136. The lowest BCUT2D eigenvalue weighted by atomic mass is 10.0. The van der Waals surface area contributed by atoms with Gasteiger partial charge in [0.2, 0.25) is 11.8 Å². The van der Waals surface area contributed by atoms with Crippen molar-refractivity contribution in [3.8, 4) is 0 Å². The minimum Gasteiger partial charge on any atom is -0.388 e. The lowest BCUT2D eigenvalue weighted by Crippen LogP contribution is -2.49. The number of ether oxygens (including phenoxy) is 1. The highest BCUT2D eigenvalue weighted by atomic mass is 19.1. The van der Waals surface area contributed by atoms with Crippen LogP contribution in [0.25, 0.3) is 0 Å². The first-order chi connectivity index (χ1) is 15.4. The fraction of sp³-hybridized carbons (Fsp3) is 0.652. The number of halogens is 1. The molecule has 1 aliphatic carbocycles. The number of hydrogen-bond acceptors (Lipinski definition) is 6. The van der Waals surface area contributed by atoms with Crippen LogP contribution in [0.4, 0.5) is 10.1 Å². The Balaban J connectivity index is 1.23. The maximum atomic E-state index is 13.1. The number of rotatable bonds is 6. The summed E-state index contributed by atoms with van der Waals surface area (Å²) >= 11 is 0. The zero-order chi connectivity index (χ0) is 22.7. The summed E-state index contributed by atoms with van der Waals surface area (Å²) in [6, 6.07) is 6.29. The van der Waals surface area contributed by atoms with E-state index < -0.39 is 24.4 Å². The molecule has 4 atom stereocenters. The third-order valence-electron chi connectivity index (χ3n) is 6.86. The number of hydrogen-bond donors (Lipinski definition) is 3. The average Bonchev–Trinajstić information content (AvgIpc) is 3.43. The van der Waals surface area contributed by atoms with Crippen LogP contribution in [0, 0.1) is 11.7 Å². The van der Waals surface area contributed by atoms with Crippen LogP contribution in [0.1, 0.15) is 32.1 Å². The third kappa shape index (κ3) is 5.22. The summed E-state index contributed by atoms with van der Waals surface area (Å²) in [7, 11) is 0. The Morgan fingerprint density at radius 2 is 1.62 bits per heavy atom. The molecule has 1 aromatic carbocycles. The van der Waals surface area contributed by atoms with Gasteiger partial charge in [0.15, 0.2) is 0 Å². The van der Waals surface area contributed by atoms with E-state index in [4.69, 9.17) is 4.74 Å². The molecule has 8 nitrogen and oxygen atoms in total. The Labute approximate surface area is 187 Å². The molecular formula is C23H32FN3O5. The Morgan fingerprint density at radius 3 is 2.28 bits per heavy atom. The van der Waals surface area contributed by atoms with Crippen LogP contribution in [0.15, 0.2) is 24.3 Å². The Kier molecular flexibility index (Phi) is 7.27. The number of carbonyl (C=O) groups excluding carboxylic acids is 2. The molecule has 3 N–H and O–H groups in total. The predicted octanol–water partition coefficient (Wildman–Crippen LogP) is 0.660. The average molecular weight is 450 g/mol. The van der Waals surface area contributed by atoms with Gasteiger partial charge in [-0.05, 0) is 37.1 Å². The summed E-state index contributed by atoms with van der Waals surface area (Å²) < 4.78 is 18.9. The number of benzene rings is 1. The molecule has 0 aromatic heterocycles. The van der Waals surface area contributed by atoms with Gasteiger partial charge in [0.1, 0.15) is 24.1 Å². The standard InChI is InChI=1S/C23H32FN3O5/c24-16-5-7-17(8-6-16)26-9-11-27(12-10-26)20(28)13-18-21(29)22(30)19(32-18)14-25-23(31)15-3-1-2-4-15/h5-8,15,18-19,21-22,29-30H,1-4,9-14H2,(H,25,31)/t18-,19-,21+,22-/m1/s1. The Hall–Kier alpha value is -2.23. The minimum atomic E-state index is -1.17. The van der Waals surface area contributed by atoms with Crippen molar-refractivity contribution in [2.45, 2.75) is 56.5 Å². The summed E-state index contributed by atoms with van der Waals surface area (Å²) in [6.45, 7) is 2.41. The van der Waals surface area contributed by atoms with Crippen LogP contribution in [-0.4, -0.2) is 84.1 Å². The summed E-state index contributed by atoms with van der Waals surface area (Å²) in [4.78, 5) is 28.8. The SMILES string of the molecule is O=C(NC[C@H]1O[C@H](CC(=O)N2CCN(c3ccc(F)cc3)CC2)[C@H](O)[C@@H]1O)C1CCCC1. The summed E-state index contributed by atoms with van der Waals surface area (Å²) in [5.74, 6) is -0.442. The molecular weight excluding hydrogens is 417 g/mol. The van der Waals surface area contributed by atoms with Crippen LogP contribution < -0.4 is 10.2 Å². The molecule has 0 spiro atoms. The van der Waals surface area contributed by atoms with Crippen molar-refractivity contribution < 1.29 is 28.9 Å². The van der Waals surface area contributed by atoms with Gasteiger partial charge in [0.25, 0.3) is 0 Å². The van der Waals surface area contributed by atoms with Crippen LogP contribution in [0.2, 0.25) is 0 Å². The summed E-state index contributed by atoms with van der Waals surface area (Å²) in [5, 5.41) is 23.5. The molecule has 1 saturated carbocycles. The zero-order valence-corrected chi connectivity index (χ0v) is 18.2. The number of amides is 2. The van der Waals surface area contributed by atoms with Crippen molar-refractivity contribution in [2.75, 3.05) is 37.6 Å². The molecule has 0 unspecified atom stereocenters. The molecule has 176 valence electrons. The number of nitrogens with one attached hydrogen (secondary N) is 1. The molecule has 32 heavy (non-hydrogen) atoms. The smallest absolute Gasteiger partial charge is 0.225 e. The largest absolute Gasteiger partial charge is 0.388 e. The number of aliphatic hydroxyl groups excluding tert-OH is 2. The molecule has 2 aliphatic heterocycles. The maximum Gasteiger partial charge on any atom is 0.225 e. The normalized spacial score (nSPS) is 28.8. The van der Waals surface area contributed by atoms with E-state index in [1.165, 1.54) is 12.1 Å². The first kappa shape index (κ1) is 22.9. The van der Waals surface area contributed by atoms with Crippen molar-refractivity contribution in [1.82, 2.24) is 10.2 Å². The van der Waals surface area contributed by atoms with Gasteiger partial charge in [-0.1, -0.05) is 12.8 Å². The summed E-state index contributed by atoms with van der Waals surface area (Å²) in [5.41, 5.74) is 0.915. The first-order valence-electron chi connectivity index (χ1n) is 11.5. The van der Waals surface area contributed by atoms with Gasteiger partial charge in [-0.3, -0.25) is 9.59 Å². The number of piperazine rings is 1. The van der Waals surface area contributed by atoms with Crippen molar-refractivity contribution in [3.05, 3.63) is 30.1 Å².